The molecule has 0 spiro atoms. The average Bonchev–Trinajstić information content (AvgIpc) is 3.21. The van der Waals surface area contributed by atoms with Crippen molar-refractivity contribution in [2.45, 2.75) is 31.8 Å². The molecule has 1 aromatic carbocycles. The van der Waals surface area contributed by atoms with E-state index in [9.17, 15) is 13.2 Å². The van der Waals surface area contributed by atoms with Crippen LogP contribution in [0.3, 0.4) is 0 Å². The molecule has 5 nitrogen and oxygen atoms in total. The van der Waals surface area contributed by atoms with Crippen LogP contribution in [0.2, 0.25) is 0 Å². The van der Waals surface area contributed by atoms with Crippen LogP contribution >= 0.6 is 0 Å². The number of carbonyl (C=O) groups is 1. The first-order valence-electron chi connectivity index (χ1n) is 6.82. The molecule has 2 rings (SSSR count). The van der Waals surface area contributed by atoms with Gasteiger partial charge in [0.1, 0.15) is 9.84 Å². The van der Waals surface area contributed by atoms with Crippen LogP contribution in [0, 0.1) is 11.3 Å². The summed E-state index contributed by atoms with van der Waals surface area (Å²) in [5.41, 5.74) is 0.981. The number of hydrogen-bond acceptors (Lipinski definition) is 4. The van der Waals surface area contributed by atoms with Gasteiger partial charge in [0.15, 0.2) is 0 Å². The zero-order valence-electron chi connectivity index (χ0n) is 12.1. The highest BCUT2D eigenvalue weighted by atomic mass is 32.2. The van der Waals surface area contributed by atoms with E-state index < -0.39 is 9.84 Å². The van der Waals surface area contributed by atoms with Crippen LogP contribution in [0.5, 0.6) is 0 Å². The lowest BCUT2D eigenvalue weighted by Gasteiger charge is -2.29. The summed E-state index contributed by atoms with van der Waals surface area (Å²) in [6, 6.07) is 8.21. The zero-order chi connectivity index (χ0) is 15.6. The molecule has 1 aromatic rings. The van der Waals surface area contributed by atoms with Crippen molar-refractivity contribution in [3.05, 3.63) is 35.4 Å². The van der Waals surface area contributed by atoms with Crippen molar-refractivity contribution in [1.29, 1.82) is 5.26 Å². The van der Waals surface area contributed by atoms with Crippen molar-refractivity contribution in [3.8, 4) is 6.07 Å². The minimum absolute atomic E-state index is 0.0362. The highest BCUT2D eigenvalue weighted by Gasteiger charge is 2.37. The number of hydrogen-bond donors (Lipinski definition) is 0. The van der Waals surface area contributed by atoms with Gasteiger partial charge in [0.05, 0.1) is 17.4 Å². The minimum Gasteiger partial charge on any atom is -0.332 e. The first-order chi connectivity index (χ1) is 9.81. The predicted molar refractivity (Wildman–Crippen MR) is 79.5 cm³/mol. The summed E-state index contributed by atoms with van der Waals surface area (Å²) in [7, 11) is -3.14. The number of sulfone groups is 1. The van der Waals surface area contributed by atoms with Gasteiger partial charge in [-0.1, -0.05) is 0 Å². The Bertz CT molecular complexity index is 670. The Balaban J connectivity index is 2.21. The number of nitriles is 1. The lowest BCUT2D eigenvalue weighted by Crippen LogP contribution is -2.43. The standard InChI is InChI=1S/C15H18N2O3S/c1-11(10-21(2,19)20)17(14-7-8-14)15(18)13-5-3-12(9-16)4-6-13/h3-6,11,14H,7-8,10H2,1-2H3. The van der Waals surface area contributed by atoms with Gasteiger partial charge < -0.3 is 4.90 Å². The maximum absolute atomic E-state index is 12.6. The number of benzene rings is 1. The van der Waals surface area contributed by atoms with Crippen LogP contribution in [-0.2, 0) is 9.84 Å². The van der Waals surface area contributed by atoms with Crippen molar-refractivity contribution in [2.24, 2.45) is 0 Å². The van der Waals surface area contributed by atoms with Gasteiger partial charge >= 0.3 is 0 Å². The Hall–Kier alpha value is -1.87. The Morgan fingerprint density at radius 1 is 1.38 bits per heavy atom. The van der Waals surface area contributed by atoms with Crippen molar-refractivity contribution in [3.63, 3.8) is 0 Å². The fourth-order valence-electron chi connectivity index (χ4n) is 2.43. The van der Waals surface area contributed by atoms with Gasteiger partial charge in [-0.2, -0.15) is 5.26 Å². The van der Waals surface area contributed by atoms with Crippen molar-refractivity contribution >= 4 is 15.7 Å². The smallest absolute Gasteiger partial charge is 0.254 e. The average molecular weight is 306 g/mol. The van der Waals surface area contributed by atoms with Gasteiger partial charge in [-0.05, 0) is 44.0 Å². The third kappa shape index (κ3) is 4.05. The lowest BCUT2D eigenvalue weighted by molar-refractivity contribution is 0.0693. The molecule has 0 saturated heterocycles. The van der Waals surface area contributed by atoms with Gasteiger partial charge in [0.25, 0.3) is 5.91 Å². The second-order valence-corrected chi connectivity index (χ2v) is 7.76. The highest BCUT2D eigenvalue weighted by Crippen LogP contribution is 2.30. The van der Waals surface area contributed by atoms with Crippen LogP contribution in [0.4, 0.5) is 0 Å². The van der Waals surface area contributed by atoms with E-state index in [1.165, 1.54) is 6.26 Å². The zero-order valence-corrected chi connectivity index (χ0v) is 12.9. The van der Waals surface area contributed by atoms with Crippen LogP contribution in [-0.4, -0.2) is 43.3 Å². The molecule has 0 N–H and O–H groups in total. The fraction of sp³-hybridized carbons (Fsp3) is 0.467. The topological polar surface area (TPSA) is 78.2 Å². The quantitative estimate of drug-likeness (QED) is 0.827. The summed E-state index contributed by atoms with van der Waals surface area (Å²) in [6.07, 6.45) is 3.01. The Kier molecular flexibility index (Phi) is 4.33. The molecule has 1 aliphatic carbocycles. The molecule has 0 radical (unpaired) electrons. The van der Waals surface area contributed by atoms with Gasteiger partial charge in [0.2, 0.25) is 0 Å². The Labute approximate surface area is 125 Å². The van der Waals surface area contributed by atoms with Gasteiger partial charge in [-0.25, -0.2) is 8.42 Å². The molecule has 21 heavy (non-hydrogen) atoms. The molecular weight excluding hydrogens is 288 g/mol. The second-order valence-electron chi connectivity index (χ2n) is 5.57. The molecule has 112 valence electrons. The van der Waals surface area contributed by atoms with E-state index in [-0.39, 0.29) is 23.7 Å². The van der Waals surface area contributed by atoms with E-state index >= 15 is 0 Å². The minimum atomic E-state index is -3.14. The van der Waals surface area contributed by atoms with E-state index in [1.807, 2.05) is 6.07 Å². The monoisotopic (exact) mass is 306 g/mol. The SMILES string of the molecule is CC(CS(C)(=O)=O)N(C(=O)c1ccc(C#N)cc1)C1CC1. The van der Waals surface area contributed by atoms with E-state index in [2.05, 4.69) is 0 Å². The predicted octanol–water partition coefficient (Wildman–Crippen LogP) is 1.60. The maximum atomic E-state index is 12.6. The van der Waals surface area contributed by atoms with Crippen LogP contribution < -0.4 is 0 Å². The largest absolute Gasteiger partial charge is 0.332 e. The van der Waals surface area contributed by atoms with Crippen LogP contribution in [0.15, 0.2) is 24.3 Å². The summed E-state index contributed by atoms with van der Waals surface area (Å²) in [5.74, 6) is -0.205. The molecular formula is C15H18N2O3S. The first kappa shape index (κ1) is 15.5. The molecule has 0 heterocycles. The maximum Gasteiger partial charge on any atom is 0.254 e. The van der Waals surface area contributed by atoms with Gasteiger partial charge in [-0.15, -0.1) is 0 Å². The van der Waals surface area contributed by atoms with E-state index in [4.69, 9.17) is 5.26 Å². The van der Waals surface area contributed by atoms with E-state index in [0.717, 1.165) is 12.8 Å². The van der Waals surface area contributed by atoms with Gasteiger partial charge in [0, 0.05) is 23.9 Å². The lowest BCUT2D eigenvalue weighted by atomic mass is 10.1. The first-order valence-corrected chi connectivity index (χ1v) is 8.88. The van der Waals surface area contributed by atoms with E-state index in [0.29, 0.717) is 11.1 Å². The molecule has 0 aromatic heterocycles. The summed E-state index contributed by atoms with van der Waals surface area (Å²) >= 11 is 0. The fourth-order valence-corrected chi connectivity index (χ4v) is 3.47. The van der Waals surface area contributed by atoms with Crippen molar-refractivity contribution in [2.75, 3.05) is 12.0 Å². The third-order valence-corrected chi connectivity index (χ3v) is 4.54. The molecule has 1 aliphatic rings. The molecule has 1 saturated carbocycles. The van der Waals surface area contributed by atoms with Gasteiger partial charge in [-0.3, -0.25) is 4.79 Å². The van der Waals surface area contributed by atoms with Crippen LogP contribution in [0.1, 0.15) is 35.7 Å². The summed E-state index contributed by atoms with van der Waals surface area (Å²) in [4.78, 5) is 14.3. The molecule has 0 bridgehead atoms. The molecule has 1 fully saturated rings. The number of nitrogens with zero attached hydrogens (tertiary/aromatic N) is 2. The van der Waals surface area contributed by atoms with Crippen molar-refractivity contribution in [1.82, 2.24) is 4.90 Å². The Morgan fingerprint density at radius 2 is 1.95 bits per heavy atom. The molecule has 0 aliphatic heterocycles. The Morgan fingerprint density at radius 3 is 2.38 bits per heavy atom. The van der Waals surface area contributed by atoms with E-state index in [1.54, 1.807) is 36.1 Å². The summed E-state index contributed by atoms with van der Waals surface area (Å²) in [6.45, 7) is 1.76. The number of carbonyl (C=O) groups excluding carboxylic acids is 1. The molecule has 1 atom stereocenters. The molecule has 1 unspecified atom stereocenters. The van der Waals surface area contributed by atoms with Crippen molar-refractivity contribution < 1.29 is 13.2 Å². The van der Waals surface area contributed by atoms with Crippen LogP contribution in [0.25, 0.3) is 0 Å². The number of rotatable bonds is 5. The third-order valence-electron chi connectivity index (χ3n) is 3.45. The molecule has 6 heteroatoms. The normalized spacial score (nSPS) is 16.0. The highest BCUT2D eigenvalue weighted by molar-refractivity contribution is 7.90. The summed E-state index contributed by atoms with van der Waals surface area (Å²) < 4.78 is 22.9. The number of amides is 1. The summed E-state index contributed by atoms with van der Waals surface area (Å²) in [5, 5.41) is 8.78. The molecule has 1 amide bonds. The second kappa shape index (κ2) is 5.86.